The van der Waals surface area contributed by atoms with Crippen molar-refractivity contribution in [3.8, 4) is 0 Å². The van der Waals surface area contributed by atoms with Crippen LogP contribution >= 0.6 is 0 Å². The Kier molecular flexibility index (Phi) is 6.48. The van der Waals surface area contributed by atoms with Gasteiger partial charge in [-0.05, 0) is 53.4 Å². The molecule has 0 radical (unpaired) electrons. The van der Waals surface area contributed by atoms with Crippen LogP contribution in [-0.2, 0) is 4.74 Å². The molecule has 0 aliphatic carbocycles. The quantitative estimate of drug-likeness (QED) is 0.691. The summed E-state index contributed by atoms with van der Waals surface area (Å²) in [6.45, 7) is 11.6. The highest BCUT2D eigenvalue weighted by molar-refractivity contribution is 6.04. The second-order valence-electron chi connectivity index (χ2n) is 9.09. The van der Waals surface area contributed by atoms with Crippen molar-refractivity contribution in [1.82, 2.24) is 25.6 Å². The molecule has 9 nitrogen and oxygen atoms in total. The van der Waals surface area contributed by atoms with Gasteiger partial charge in [-0.25, -0.2) is 14.8 Å². The van der Waals surface area contributed by atoms with Crippen LogP contribution in [0.15, 0.2) is 12.4 Å². The second-order valence-corrected chi connectivity index (χ2v) is 9.09. The molecular formula is C21H32N6O3. The molecule has 3 heterocycles. The standard InChI is InChI=1S/C21H32N6O3/c1-13(2)25-19(28)15-10-22-18-17(15)26-16(11-23-18)27-8-6-7-14(12-27)9-24-20(29)30-21(3,4)5/h10-11,13-14H,6-9,12H2,1-5H3,(H,22,23)(H,24,29)(H,25,28). The molecule has 0 bridgehead atoms. The molecular weight excluding hydrogens is 384 g/mol. The minimum absolute atomic E-state index is 0.0407. The third-order valence-electron chi connectivity index (χ3n) is 4.81. The van der Waals surface area contributed by atoms with E-state index in [1.165, 1.54) is 0 Å². The highest BCUT2D eigenvalue weighted by Crippen LogP contribution is 2.24. The number of alkyl carbamates (subject to hydrolysis) is 1. The molecule has 2 aromatic rings. The van der Waals surface area contributed by atoms with Gasteiger partial charge in [-0.2, -0.15) is 0 Å². The number of amides is 2. The van der Waals surface area contributed by atoms with Gasteiger partial charge >= 0.3 is 6.09 Å². The zero-order chi connectivity index (χ0) is 21.9. The van der Waals surface area contributed by atoms with Crippen molar-refractivity contribution >= 4 is 29.0 Å². The van der Waals surface area contributed by atoms with Crippen molar-refractivity contribution in [2.45, 2.75) is 59.1 Å². The van der Waals surface area contributed by atoms with Gasteiger partial charge in [0.15, 0.2) is 5.65 Å². The molecule has 2 amide bonds. The van der Waals surface area contributed by atoms with Crippen LogP contribution in [0.4, 0.5) is 10.6 Å². The number of fused-ring (bicyclic) bond motifs is 1. The molecule has 1 atom stereocenters. The van der Waals surface area contributed by atoms with E-state index < -0.39 is 11.7 Å². The van der Waals surface area contributed by atoms with Crippen molar-refractivity contribution in [3.05, 3.63) is 18.0 Å². The monoisotopic (exact) mass is 416 g/mol. The molecule has 0 saturated carbocycles. The van der Waals surface area contributed by atoms with E-state index in [-0.39, 0.29) is 11.9 Å². The fourth-order valence-electron chi connectivity index (χ4n) is 3.53. The Morgan fingerprint density at radius 1 is 1.37 bits per heavy atom. The van der Waals surface area contributed by atoms with Gasteiger partial charge in [0, 0.05) is 31.9 Å². The van der Waals surface area contributed by atoms with Crippen molar-refractivity contribution in [1.29, 1.82) is 0 Å². The Labute approximate surface area is 177 Å². The Balaban J connectivity index is 1.68. The normalized spacial score (nSPS) is 17.3. The van der Waals surface area contributed by atoms with Crippen LogP contribution in [0.5, 0.6) is 0 Å². The number of aromatic amines is 1. The number of carbonyl (C=O) groups excluding carboxylic acids is 2. The van der Waals surface area contributed by atoms with Gasteiger partial charge in [0.2, 0.25) is 0 Å². The second kappa shape index (κ2) is 8.89. The summed E-state index contributed by atoms with van der Waals surface area (Å²) in [6, 6.07) is 0.0407. The molecule has 0 aromatic carbocycles. The lowest BCUT2D eigenvalue weighted by atomic mass is 9.98. The molecule has 3 rings (SSSR count). The molecule has 9 heteroatoms. The number of nitrogens with one attached hydrogen (secondary N) is 3. The van der Waals surface area contributed by atoms with E-state index in [1.54, 1.807) is 12.4 Å². The average Bonchev–Trinajstić information content (AvgIpc) is 3.08. The van der Waals surface area contributed by atoms with E-state index in [1.807, 2.05) is 34.6 Å². The summed E-state index contributed by atoms with van der Waals surface area (Å²) in [6.07, 6.45) is 5.00. The third-order valence-corrected chi connectivity index (χ3v) is 4.81. The Bertz CT molecular complexity index is 902. The molecule has 1 aliphatic heterocycles. The highest BCUT2D eigenvalue weighted by Gasteiger charge is 2.24. The van der Waals surface area contributed by atoms with Gasteiger partial charge < -0.3 is 25.3 Å². The number of hydrogen-bond donors (Lipinski definition) is 3. The van der Waals surface area contributed by atoms with Crippen LogP contribution in [0.1, 0.15) is 57.8 Å². The largest absolute Gasteiger partial charge is 0.444 e. The first kappa shape index (κ1) is 21.9. The fraction of sp³-hybridized carbons (Fsp3) is 0.619. The number of nitrogens with zero attached hydrogens (tertiary/aromatic N) is 3. The number of carbonyl (C=O) groups is 2. The molecule has 2 aromatic heterocycles. The van der Waals surface area contributed by atoms with Crippen molar-refractivity contribution in [2.24, 2.45) is 5.92 Å². The Hall–Kier alpha value is -2.84. The third kappa shape index (κ3) is 5.61. The smallest absolute Gasteiger partial charge is 0.407 e. The number of piperidine rings is 1. The SMILES string of the molecule is CC(C)NC(=O)c1c[nH]c2ncc(N3CCCC(CNC(=O)OC(C)(C)C)C3)nc12. The van der Waals surface area contributed by atoms with E-state index >= 15 is 0 Å². The number of anilines is 1. The lowest BCUT2D eigenvalue weighted by Gasteiger charge is -2.33. The number of rotatable bonds is 5. The summed E-state index contributed by atoms with van der Waals surface area (Å²) >= 11 is 0. The zero-order valence-corrected chi connectivity index (χ0v) is 18.4. The van der Waals surface area contributed by atoms with E-state index in [4.69, 9.17) is 9.72 Å². The maximum atomic E-state index is 12.5. The zero-order valence-electron chi connectivity index (χ0n) is 18.4. The number of aromatic nitrogens is 3. The van der Waals surface area contributed by atoms with Crippen LogP contribution < -0.4 is 15.5 Å². The van der Waals surface area contributed by atoms with E-state index in [0.717, 1.165) is 31.7 Å². The minimum Gasteiger partial charge on any atom is -0.444 e. The van der Waals surface area contributed by atoms with Crippen molar-refractivity contribution in [3.63, 3.8) is 0 Å². The van der Waals surface area contributed by atoms with Gasteiger partial charge in [-0.15, -0.1) is 0 Å². The fourth-order valence-corrected chi connectivity index (χ4v) is 3.53. The molecule has 1 saturated heterocycles. The van der Waals surface area contributed by atoms with Crippen LogP contribution in [0, 0.1) is 5.92 Å². The first-order chi connectivity index (χ1) is 14.1. The van der Waals surface area contributed by atoms with Gasteiger partial charge in [0.1, 0.15) is 16.9 Å². The van der Waals surface area contributed by atoms with Crippen molar-refractivity contribution in [2.75, 3.05) is 24.5 Å². The summed E-state index contributed by atoms with van der Waals surface area (Å²) in [7, 11) is 0. The van der Waals surface area contributed by atoms with Crippen LogP contribution in [0.3, 0.4) is 0 Å². The lowest BCUT2D eigenvalue weighted by molar-refractivity contribution is 0.0517. The van der Waals surface area contributed by atoms with Gasteiger partial charge in [-0.1, -0.05) is 0 Å². The maximum absolute atomic E-state index is 12.5. The molecule has 3 N–H and O–H groups in total. The predicted octanol–water partition coefficient (Wildman–Crippen LogP) is 2.84. The van der Waals surface area contributed by atoms with Crippen LogP contribution in [0.25, 0.3) is 11.2 Å². The average molecular weight is 417 g/mol. The Morgan fingerprint density at radius 2 is 2.13 bits per heavy atom. The van der Waals surface area contributed by atoms with Crippen LogP contribution in [-0.4, -0.2) is 58.2 Å². The molecule has 1 aliphatic rings. The first-order valence-corrected chi connectivity index (χ1v) is 10.5. The molecule has 1 unspecified atom stereocenters. The topological polar surface area (TPSA) is 112 Å². The summed E-state index contributed by atoms with van der Waals surface area (Å²) in [5.74, 6) is 0.863. The van der Waals surface area contributed by atoms with Gasteiger partial charge in [0.25, 0.3) is 5.91 Å². The molecule has 30 heavy (non-hydrogen) atoms. The molecule has 0 spiro atoms. The van der Waals surface area contributed by atoms with Crippen LogP contribution in [0.2, 0.25) is 0 Å². The van der Waals surface area contributed by atoms with E-state index in [0.29, 0.717) is 29.2 Å². The minimum atomic E-state index is -0.510. The molecule has 164 valence electrons. The van der Waals surface area contributed by atoms with Crippen molar-refractivity contribution < 1.29 is 14.3 Å². The highest BCUT2D eigenvalue weighted by atomic mass is 16.6. The summed E-state index contributed by atoms with van der Waals surface area (Å²) in [5.41, 5.74) is 1.14. The summed E-state index contributed by atoms with van der Waals surface area (Å²) < 4.78 is 5.32. The number of hydrogen-bond acceptors (Lipinski definition) is 6. The Morgan fingerprint density at radius 3 is 2.83 bits per heavy atom. The molecule has 1 fully saturated rings. The predicted molar refractivity (Wildman–Crippen MR) is 116 cm³/mol. The van der Waals surface area contributed by atoms with E-state index in [2.05, 4.69) is 25.5 Å². The van der Waals surface area contributed by atoms with E-state index in [9.17, 15) is 9.59 Å². The van der Waals surface area contributed by atoms with Gasteiger partial charge in [-0.3, -0.25) is 4.79 Å². The number of H-pyrrole nitrogens is 1. The maximum Gasteiger partial charge on any atom is 0.407 e. The first-order valence-electron chi connectivity index (χ1n) is 10.5. The summed E-state index contributed by atoms with van der Waals surface area (Å²) in [4.78, 5) is 38.7. The lowest BCUT2D eigenvalue weighted by Crippen LogP contribution is -2.42. The summed E-state index contributed by atoms with van der Waals surface area (Å²) in [5, 5.41) is 5.76. The number of ether oxygens (including phenoxy) is 1. The van der Waals surface area contributed by atoms with Gasteiger partial charge in [0.05, 0.1) is 11.8 Å².